The van der Waals surface area contributed by atoms with E-state index in [2.05, 4.69) is 15.9 Å². The van der Waals surface area contributed by atoms with E-state index in [1.807, 2.05) is 0 Å². The topological polar surface area (TPSA) is 112 Å². The summed E-state index contributed by atoms with van der Waals surface area (Å²) in [5, 5.41) is 30.4. The number of carbonyl (C=O) groups is 1. The van der Waals surface area contributed by atoms with Gasteiger partial charge < -0.3 is 15.3 Å². The summed E-state index contributed by atoms with van der Waals surface area (Å²) in [6.07, 6.45) is -0.823. The number of hydrogen-bond donors (Lipinski definition) is 3. The van der Waals surface area contributed by atoms with Crippen molar-refractivity contribution in [3.8, 4) is 5.75 Å². The minimum absolute atomic E-state index is 0.0236. The van der Waals surface area contributed by atoms with Crippen LogP contribution in [0.4, 0.5) is 4.39 Å². The smallest absolute Gasteiger partial charge is 0.352 e. The maximum atomic E-state index is 13.6. The highest BCUT2D eigenvalue weighted by Gasteiger charge is 2.54. The van der Waals surface area contributed by atoms with Crippen molar-refractivity contribution in [2.24, 2.45) is 0 Å². The fraction of sp³-hybridized carbons (Fsp3) is 0.278. The summed E-state index contributed by atoms with van der Waals surface area (Å²) >= 11 is 3.05. The van der Waals surface area contributed by atoms with Gasteiger partial charge in [-0.3, -0.25) is 0 Å². The van der Waals surface area contributed by atoms with Gasteiger partial charge in [0.25, 0.3) is 4.93 Å². The van der Waals surface area contributed by atoms with Crippen LogP contribution in [0.5, 0.6) is 5.75 Å². The Morgan fingerprint density at radius 1 is 1.19 bits per heavy atom. The van der Waals surface area contributed by atoms with Crippen molar-refractivity contribution in [1.82, 2.24) is 0 Å². The second-order valence-corrected chi connectivity index (χ2v) is 9.72. The second-order valence-electron chi connectivity index (χ2n) is 6.75. The molecule has 0 aromatic heterocycles. The van der Waals surface area contributed by atoms with E-state index in [1.54, 1.807) is 0 Å². The number of hydrogen-bond acceptors (Lipinski definition) is 5. The third kappa shape index (κ3) is 3.85. The number of phenolic OH excluding ortho intramolecular Hbond substituents is 1. The van der Waals surface area contributed by atoms with E-state index in [0.29, 0.717) is 0 Å². The molecule has 0 radical (unpaired) electrons. The summed E-state index contributed by atoms with van der Waals surface area (Å²) in [7, 11) is -4.76. The Kier molecular flexibility index (Phi) is 5.70. The van der Waals surface area contributed by atoms with Gasteiger partial charge in [0.2, 0.25) is 9.84 Å². The molecule has 0 heterocycles. The molecule has 0 fully saturated rings. The van der Waals surface area contributed by atoms with Crippen LogP contribution in [0.2, 0.25) is 0 Å². The lowest BCUT2D eigenvalue weighted by molar-refractivity contribution is -0.151. The van der Waals surface area contributed by atoms with Crippen molar-refractivity contribution in [2.45, 2.75) is 35.5 Å². The lowest BCUT2D eigenvalue weighted by Gasteiger charge is -2.34. The molecule has 0 spiro atoms. The normalized spacial score (nSPS) is 14.6. The predicted octanol–water partition coefficient (Wildman–Crippen LogP) is 3.21. The van der Waals surface area contributed by atoms with E-state index in [9.17, 15) is 32.9 Å². The quantitative estimate of drug-likeness (QED) is 0.609. The lowest BCUT2D eigenvalue weighted by Crippen LogP contribution is -2.50. The number of aromatic hydroxyl groups is 1. The maximum Gasteiger partial charge on any atom is 0.352 e. The number of halogens is 2. The van der Waals surface area contributed by atoms with Crippen LogP contribution in [0.15, 0.2) is 51.8 Å². The largest absolute Gasteiger partial charge is 0.508 e. The first-order valence-corrected chi connectivity index (χ1v) is 10.0. The molecular weight excluding hydrogens is 443 g/mol. The van der Waals surface area contributed by atoms with E-state index in [1.165, 1.54) is 38.1 Å². The van der Waals surface area contributed by atoms with Gasteiger partial charge in [-0.1, -0.05) is 26.0 Å². The first-order valence-electron chi connectivity index (χ1n) is 7.77. The Morgan fingerprint density at radius 3 is 2.33 bits per heavy atom. The van der Waals surface area contributed by atoms with Crippen LogP contribution in [0.3, 0.4) is 0 Å². The minimum Gasteiger partial charge on any atom is -0.508 e. The summed E-state index contributed by atoms with van der Waals surface area (Å²) in [5.74, 6) is -3.00. The van der Waals surface area contributed by atoms with E-state index < -0.39 is 43.3 Å². The van der Waals surface area contributed by atoms with Crippen molar-refractivity contribution in [3.63, 3.8) is 0 Å². The number of benzene rings is 2. The molecule has 0 bridgehead atoms. The van der Waals surface area contributed by atoms with Crippen LogP contribution >= 0.6 is 15.9 Å². The average Bonchev–Trinajstić information content (AvgIpc) is 2.56. The Bertz CT molecular complexity index is 989. The van der Waals surface area contributed by atoms with Gasteiger partial charge in [0.1, 0.15) is 11.6 Å². The SMILES string of the molecule is CC(C)(CC(O)(C(=O)O)S(=O)(=O)c1ccccc1Br)c1cc(F)ccc1O. The molecule has 9 heteroatoms. The van der Waals surface area contributed by atoms with Gasteiger partial charge in [0.05, 0.1) is 4.90 Å². The van der Waals surface area contributed by atoms with Crippen LogP contribution in [0, 0.1) is 5.82 Å². The molecule has 2 rings (SSSR count). The zero-order valence-corrected chi connectivity index (χ0v) is 16.9. The van der Waals surface area contributed by atoms with E-state index in [4.69, 9.17) is 0 Å². The Hall–Kier alpha value is -1.97. The summed E-state index contributed by atoms with van der Waals surface area (Å²) < 4.78 is 39.7. The van der Waals surface area contributed by atoms with Gasteiger partial charge >= 0.3 is 5.97 Å². The number of rotatable bonds is 6. The summed E-state index contributed by atoms with van der Waals surface area (Å²) in [4.78, 5) is 8.23. The van der Waals surface area contributed by atoms with E-state index >= 15 is 0 Å². The number of phenols is 1. The first-order chi connectivity index (χ1) is 12.3. The van der Waals surface area contributed by atoms with Crippen LogP contribution in [0.25, 0.3) is 0 Å². The second kappa shape index (κ2) is 7.21. The van der Waals surface area contributed by atoms with Crippen molar-refractivity contribution < 1.29 is 32.9 Å². The van der Waals surface area contributed by atoms with Crippen LogP contribution in [-0.2, 0) is 20.0 Å². The van der Waals surface area contributed by atoms with Crippen molar-refractivity contribution in [3.05, 3.63) is 58.3 Å². The molecule has 0 aliphatic rings. The Labute approximate surface area is 164 Å². The standard InChI is InChI=1S/C18H18BrFO6S/c1-17(2,12-9-11(20)7-8-14(12)21)10-18(24,16(22)23)27(25,26)15-6-4-3-5-13(15)19/h3-9,21,24H,10H2,1-2H3,(H,22,23). The van der Waals surface area contributed by atoms with E-state index in [-0.39, 0.29) is 15.8 Å². The van der Waals surface area contributed by atoms with Crippen LogP contribution in [0.1, 0.15) is 25.8 Å². The first kappa shape index (κ1) is 21.3. The molecule has 0 saturated heterocycles. The van der Waals surface area contributed by atoms with Gasteiger partial charge in [0, 0.05) is 16.5 Å². The molecule has 27 heavy (non-hydrogen) atoms. The van der Waals surface area contributed by atoms with Crippen molar-refractivity contribution in [1.29, 1.82) is 0 Å². The van der Waals surface area contributed by atoms with Crippen LogP contribution < -0.4 is 0 Å². The van der Waals surface area contributed by atoms with Crippen molar-refractivity contribution in [2.75, 3.05) is 0 Å². The monoisotopic (exact) mass is 460 g/mol. The number of aliphatic carboxylic acids is 1. The highest BCUT2D eigenvalue weighted by atomic mass is 79.9. The predicted molar refractivity (Wildman–Crippen MR) is 99.6 cm³/mol. The van der Waals surface area contributed by atoms with Gasteiger partial charge in [-0.2, -0.15) is 0 Å². The number of sulfone groups is 1. The zero-order valence-electron chi connectivity index (χ0n) is 14.5. The average molecular weight is 461 g/mol. The lowest BCUT2D eigenvalue weighted by atomic mass is 9.79. The summed E-state index contributed by atoms with van der Waals surface area (Å²) in [6, 6.07) is 8.56. The minimum atomic E-state index is -4.76. The highest BCUT2D eigenvalue weighted by Crippen LogP contribution is 2.42. The molecule has 2 aromatic rings. The summed E-state index contributed by atoms with van der Waals surface area (Å²) in [6.45, 7) is 2.82. The van der Waals surface area contributed by atoms with Gasteiger partial charge in [-0.15, -0.1) is 0 Å². The Morgan fingerprint density at radius 2 is 1.78 bits per heavy atom. The molecule has 0 amide bonds. The maximum absolute atomic E-state index is 13.6. The van der Waals surface area contributed by atoms with Crippen LogP contribution in [-0.4, -0.2) is 34.6 Å². The zero-order chi connectivity index (χ0) is 20.6. The molecule has 0 aliphatic carbocycles. The van der Waals surface area contributed by atoms with Gasteiger partial charge in [-0.25, -0.2) is 17.6 Å². The van der Waals surface area contributed by atoms with Gasteiger partial charge in [-0.05, 0) is 51.7 Å². The highest BCUT2D eigenvalue weighted by molar-refractivity contribution is 9.10. The molecule has 1 atom stereocenters. The molecule has 1 unspecified atom stereocenters. The molecular formula is C18H18BrFO6S. The Balaban J connectivity index is 2.62. The van der Waals surface area contributed by atoms with Gasteiger partial charge in [0.15, 0.2) is 0 Å². The fourth-order valence-electron chi connectivity index (χ4n) is 2.87. The third-order valence-corrected chi connectivity index (χ3v) is 7.37. The van der Waals surface area contributed by atoms with Crippen molar-refractivity contribution >= 4 is 31.7 Å². The molecule has 3 N–H and O–H groups in total. The molecule has 0 saturated carbocycles. The number of carboxylic acids is 1. The molecule has 6 nitrogen and oxygen atoms in total. The number of aliphatic hydroxyl groups is 1. The molecule has 2 aromatic carbocycles. The summed E-state index contributed by atoms with van der Waals surface area (Å²) in [5.41, 5.74) is -1.42. The van der Waals surface area contributed by atoms with E-state index in [0.717, 1.165) is 18.2 Å². The number of carboxylic acid groups (broad SMARTS) is 1. The molecule has 0 aliphatic heterocycles. The molecule has 146 valence electrons. The fourth-order valence-corrected chi connectivity index (χ4v) is 5.53. The third-order valence-electron chi connectivity index (χ3n) is 4.27.